The molecule has 4 saturated carbocycles. The molecule has 0 radical (unpaired) electrons. The summed E-state index contributed by atoms with van der Waals surface area (Å²) in [6.07, 6.45) is 8.47. The minimum absolute atomic E-state index is 0.0218. The summed E-state index contributed by atoms with van der Waals surface area (Å²) in [4.78, 5) is 60.3. The maximum absolute atomic E-state index is 16.0. The quantitative estimate of drug-likeness (QED) is 0.0354. The Morgan fingerprint density at radius 1 is 0.405 bits per heavy atom. The lowest BCUT2D eigenvalue weighted by Gasteiger charge is -2.28. The molecule has 0 amide bonds. The van der Waals surface area contributed by atoms with Crippen LogP contribution in [-0.4, -0.2) is 122 Å². The Labute approximate surface area is 487 Å². The zero-order chi connectivity index (χ0) is 58.7. The van der Waals surface area contributed by atoms with E-state index in [1.165, 1.54) is 24.3 Å². The first kappa shape index (κ1) is 61.5. The molecule has 4 aromatic carbocycles. The molecule has 16 nitrogen and oxygen atoms in total. The van der Waals surface area contributed by atoms with Crippen LogP contribution in [0.4, 0.5) is 17.6 Å². The van der Waals surface area contributed by atoms with Crippen molar-refractivity contribution in [2.24, 2.45) is 9.98 Å². The summed E-state index contributed by atoms with van der Waals surface area (Å²) in [5.74, 6) is -10.8. The zero-order valence-electron chi connectivity index (χ0n) is 47.2. The first-order valence-electron chi connectivity index (χ1n) is 29.8. The number of hydrogen-bond acceptors (Lipinski definition) is 14. The second kappa shape index (κ2) is 30.1. The summed E-state index contributed by atoms with van der Waals surface area (Å²) in [6, 6.07) is 32.2. The lowest BCUT2D eigenvalue weighted by Crippen LogP contribution is -2.47. The summed E-state index contributed by atoms with van der Waals surface area (Å²) in [5, 5.41) is 6.51. The number of nitrogens with zero attached hydrogens (tertiary/aromatic N) is 2. The standard InChI is InChI=1S/2C32H38F2N2O6/c2*33-32(34)27(41-29(38)23-15-7-2-8-16-23)26(21-39-28(37)22-13-5-1-6-14-22)40-30(32)42-31(35-24-17-9-3-10-18-24)36-25-19-11-4-12-20-25/h2*1-2,5-8,13-16,24-27,30H,3-4,9-12,17-21H2,(H,35,36)/t26-,27-,30+;26-,27-,30-/m11/s1. The van der Waals surface area contributed by atoms with Gasteiger partial charge in [-0.05, 0) is 99.9 Å². The molecule has 0 unspecified atom stereocenters. The third-order valence-electron chi connectivity index (χ3n) is 16.0. The maximum atomic E-state index is 16.0. The van der Waals surface area contributed by atoms with Crippen molar-refractivity contribution < 1.29 is 74.6 Å². The summed E-state index contributed by atoms with van der Waals surface area (Å²) in [5.41, 5.74) is 0.727. The molecular weight excluding hydrogens is 1090 g/mol. The van der Waals surface area contributed by atoms with Gasteiger partial charge in [0.15, 0.2) is 0 Å². The average molecular weight is 1170 g/mol. The number of carbonyl (C=O) groups is 4. The van der Waals surface area contributed by atoms with E-state index in [2.05, 4.69) is 10.6 Å². The molecule has 4 aliphatic carbocycles. The first-order valence-corrected chi connectivity index (χ1v) is 29.8. The first-order chi connectivity index (χ1) is 40.8. The monoisotopic (exact) mass is 1170 g/mol. The van der Waals surface area contributed by atoms with E-state index in [0.717, 1.165) is 128 Å². The molecule has 452 valence electrons. The van der Waals surface area contributed by atoms with Gasteiger partial charge < -0.3 is 48.5 Å². The van der Waals surface area contributed by atoms with Gasteiger partial charge in [-0.15, -0.1) is 0 Å². The lowest BCUT2D eigenvalue weighted by molar-refractivity contribution is -0.193. The van der Waals surface area contributed by atoms with Crippen LogP contribution in [0.1, 0.15) is 170 Å². The highest BCUT2D eigenvalue weighted by Crippen LogP contribution is 2.42. The van der Waals surface area contributed by atoms with Crippen molar-refractivity contribution in [1.82, 2.24) is 10.6 Å². The van der Waals surface area contributed by atoms with Gasteiger partial charge >= 0.3 is 35.7 Å². The van der Waals surface area contributed by atoms with Gasteiger partial charge in [-0.25, -0.2) is 29.2 Å². The van der Waals surface area contributed by atoms with Gasteiger partial charge in [-0.3, -0.25) is 0 Å². The molecule has 2 saturated heterocycles. The van der Waals surface area contributed by atoms with Crippen molar-refractivity contribution in [1.29, 1.82) is 0 Å². The summed E-state index contributed by atoms with van der Waals surface area (Å²) in [7, 11) is 0. The third-order valence-corrected chi connectivity index (χ3v) is 16.0. The molecule has 0 aromatic heterocycles. The highest BCUT2D eigenvalue weighted by molar-refractivity contribution is 5.91. The number of rotatable bonds is 16. The van der Waals surface area contributed by atoms with Gasteiger partial charge in [-0.2, -0.15) is 17.6 Å². The average Bonchev–Trinajstić information content (AvgIpc) is 4.03. The Morgan fingerprint density at radius 3 is 1.00 bits per heavy atom. The molecule has 4 aromatic rings. The van der Waals surface area contributed by atoms with Crippen molar-refractivity contribution in [3.8, 4) is 0 Å². The highest BCUT2D eigenvalue weighted by Gasteiger charge is 2.65. The van der Waals surface area contributed by atoms with E-state index in [0.29, 0.717) is 0 Å². The topological polar surface area (TPSA) is 191 Å². The minimum atomic E-state index is -3.77. The molecule has 10 rings (SSSR count). The van der Waals surface area contributed by atoms with Crippen LogP contribution in [0.25, 0.3) is 0 Å². The van der Waals surface area contributed by atoms with Gasteiger partial charge in [0.1, 0.15) is 25.4 Å². The van der Waals surface area contributed by atoms with E-state index in [1.54, 1.807) is 97.1 Å². The number of hydrogen-bond donors (Lipinski definition) is 2. The third kappa shape index (κ3) is 17.1. The fourth-order valence-corrected chi connectivity index (χ4v) is 11.3. The fraction of sp³-hybridized carbons (Fsp3) is 0.531. The van der Waals surface area contributed by atoms with Crippen molar-refractivity contribution in [3.05, 3.63) is 144 Å². The Balaban J connectivity index is 0.000000202. The van der Waals surface area contributed by atoms with Crippen LogP contribution in [0.5, 0.6) is 0 Å². The number of halogens is 4. The van der Waals surface area contributed by atoms with Crippen molar-refractivity contribution in [2.75, 3.05) is 13.2 Å². The normalized spacial score (nSPS) is 25.0. The summed E-state index contributed by atoms with van der Waals surface area (Å²) < 4.78 is 108. The van der Waals surface area contributed by atoms with Gasteiger partial charge in [0.2, 0.25) is 12.2 Å². The van der Waals surface area contributed by atoms with Gasteiger partial charge in [0.25, 0.3) is 24.6 Å². The smallest absolute Gasteiger partial charge is 0.347 e. The number of carbonyl (C=O) groups excluding carboxylic acids is 4. The number of aliphatic imine (C=N–C) groups is 2. The molecular formula is C64H76F4N4O12. The molecule has 20 heteroatoms. The summed E-state index contributed by atoms with van der Waals surface area (Å²) >= 11 is 0. The molecule has 6 atom stereocenters. The Hall–Kier alpha value is -7.06. The Morgan fingerprint density at radius 2 is 0.690 bits per heavy atom. The number of ether oxygens (including phenoxy) is 8. The molecule has 0 bridgehead atoms. The SMILES string of the molecule is O=C(OC[C@H]1O[C@@H](OC(=NC2CCCCC2)NC2CCCCC2)C(F)(F)[C@@H]1OC(=O)c1ccccc1)c1ccccc1.O=C(OC[C@H]1O[C@H](OC(=NC2CCCCC2)NC2CCCCC2)C(F)(F)[C@@H]1OC(=O)c1ccccc1)c1ccccc1. The van der Waals surface area contributed by atoms with E-state index in [1.807, 2.05) is 0 Å². The van der Waals surface area contributed by atoms with E-state index < -0.39 is 85.9 Å². The molecule has 84 heavy (non-hydrogen) atoms. The number of alkyl halides is 4. The molecule has 0 spiro atoms. The van der Waals surface area contributed by atoms with E-state index in [4.69, 9.17) is 47.9 Å². The molecule has 2 N–H and O–H groups in total. The maximum Gasteiger partial charge on any atom is 0.347 e. The number of esters is 4. The van der Waals surface area contributed by atoms with Gasteiger partial charge in [0, 0.05) is 12.1 Å². The minimum Gasteiger partial charge on any atom is -0.459 e. The van der Waals surface area contributed by atoms with Crippen LogP contribution >= 0.6 is 0 Å². The molecule has 2 aliphatic heterocycles. The van der Waals surface area contributed by atoms with Crippen molar-refractivity contribution in [2.45, 2.75) is 201 Å². The van der Waals surface area contributed by atoms with Crippen LogP contribution in [0.2, 0.25) is 0 Å². The van der Waals surface area contributed by atoms with Crippen LogP contribution < -0.4 is 10.6 Å². The highest BCUT2D eigenvalue weighted by atomic mass is 19.3. The molecule has 6 aliphatic rings. The molecule has 6 fully saturated rings. The second-order valence-electron chi connectivity index (χ2n) is 22.3. The Bertz CT molecular complexity index is 2590. The Kier molecular flexibility index (Phi) is 22.1. The zero-order valence-corrected chi connectivity index (χ0v) is 47.2. The lowest BCUT2D eigenvalue weighted by atomic mass is 9.95. The fourth-order valence-electron chi connectivity index (χ4n) is 11.3. The predicted octanol–water partition coefficient (Wildman–Crippen LogP) is 12.1. The van der Waals surface area contributed by atoms with E-state index >= 15 is 17.6 Å². The van der Waals surface area contributed by atoms with Gasteiger partial charge in [-0.1, -0.05) is 150 Å². The predicted molar refractivity (Wildman–Crippen MR) is 303 cm³/mol. The number of amidine groups is 2. The number of benzene rings is 4. The van der Waals surface area contributed by atoms with Crippen molar-refractivity contribution in [3.63, 3.8) is 0 Å². The van der Waals surface area contributed by atoms with Gasteiger partial charge in [0.05, 0.1) is 34.3 Å². The summed E-state index contributed by atoms with van der Waals surface area (Å²) in [6.45, 7) is -1.14. The van der Waals surface area contributed by atoms with Crippen LogP contribution in [0.3, 0.4) is 0 Å². The van der Waals surface area contributed by atoms with Crippen LogP contribution in [-0.2, 0) is 37.9 Å². The van der Waals surface area contributed by atoms with Crippen LogP contribution in [0, 0.1) is 0 Å². The molecule has 2 heterocycles. The van der Waals surface area contributed by atoms with E-state index in [-0.39, 0.29) is 58.5 Å². The number of nitrogens with one attached hydrogen (secondary N) is 2. The van der Waals surface area contributed by atoms with Crippen LogP contribution in [0.15, 0.2) is 131 Å². The van der Waals surface area contributed by atoms with Crippen molar-refractivity contribution >= 4 is 35.9 Å². The van der Waals surface area contributed by atoms with E-state index in [9.17, 15) is 19.2 Å². The second-order valence-corrected chi connectivity index (χ2v) is 22.3. The largest absolute Gasteiger partial charge is 0.459 e.